The number of hydrogen-bond donors (Lipinski definition) is 1. The highest BCUT2D eigenvalue weighted by Crippen LogP contribution is 2.21. The number of amides is 1. The zero-order valence-electron chi connectivity index (χ0n) is 10.9. The van der Waals surface area contributed by atoms with Crippen molar-refractivity contribution in [3.63, 3.8) is 0 Å². The summed E-state index contributed by atoms with van der Waals surface area (Å²) in [5.41, 5.74) is 1.70. The molecule has 0 aliphatic carbocycles. The standard InChI is InChI=1S/C15H14N4O/c20-14-12(11-18-13-5-2-1-3-6-13)7-10-19(14)15-16-8-4-9-17-15/h1-6,8-9,11,18H,7,10H2/b12-11+. The molecule has 3 rings (SSSR count). The van der Waals surface area contributed by atoms with Crippen LogP contribution >= 0.6 is 0 Å². The lowest BCUT2D eigenvalue weighted by Crippen LogP contribution is -2.26. The molecule has 1 fully saturated rings. The van der Waals surface area contributed by atoms with Gasteiger partial charge in [0.15, 0.2) is 0 Å². The van der Waals surface area contributed by atoms with Gasteiger partial charge in [0.05, 0.1) is 0 Å². The Balaban J connectivity index is 1.73. The molecule has 2 aromatic rings. The van der Waals surface area contributed by atoms with E-state index in [0.717, 1.165) is 11.3 Å². The van der Waals surface area contributed by atoms with Crippen LogP contribution in [-0.4, -0.2) is 22.4 Å². The molecule has 1 aliphatic heterocycles. The van der Waals surface area contributed by atoms with E-state index in [2.05, 4.69) is 15.3 Å². The Hall–Kier alpha value is -2.69. The maximum atomic E-state index is 12.3. The van der Waals surface area contributed by atoms with Crippen LogP contribution in [0.4, 0.5) is 11.6 Å². The largest absolute Gasteiger partial charge is 0.361 e. The Morgan fingerprint density at radius 1 is 1.10 bits per heavy atom. The third kappa shape index (κ3) is 2.51. The minimum absolute atomic E-state index is 0.0420. The summed E-state index contributed by atoms with van der Waals surface area (Å²) >= 11 is 0. The van der Waals surface area contributed by atoms with Crippen molar-refractivity contribution in [2.24, 2.45) is 0 Å². The molecule has 0 spiro atoms. The second-order valence-electron chi connectivity index (χ2n) is 4.44. The van der Waals surface area contributed by atoms with Crippen molar-refractivity contribution >= 4 is 17.5 Å². The van der Waals surface area contributed by atoms with E-state index in [1.165, 1.54) is 0 Å². The summed E-state index contributed by atoms with van der Waals surface area (Å²) in [7, 11) is 0. The molecule has 1 saturated heterocycles. The molecule has 1 N–H and O–H groups in total. The highest BCUT2D eigenvalue weighted by Gasteiger charge is 2.28. The SMILES string of the molecule is O=C1/C(=C/Nc2ccccc2)CCN1c1ncccn1. The number of benzene rings is 1. The summed E-state index contributed by atoms with van der Waals surface area (Å²) in [6, 6.07) is 11.5. The molecule has 1 aliphatic rings. The molecule has 2 heterocycles. The van der Waals surface area contributed by atoms with Gasteiger partial charge in [0.2, 0.25) is 5.95 Å². The van der Waals surface area contributed by atoms with Gasteiger partial charge in [-0.15, -0.1) is 0 Å². The molecule has 0 saturated carbocycles. The molecule has 100 valence electrons. The monoisotopic (exact) mass is 266 g/mol. The van der Waals surface area contributed by atoms with Gasteiger partial charge in [0.1, 0.15) is 0 Å². The van der Waals surface area contributed by atoms with Gasteiger partial charge in [-0.2, -0.15) is 0 Å². The van der Waals surface area contributed by atoms with Crippen molar-refractivity contribution in [3.05, 3.63) is 60.6 Å². The minimum atomic E-state index is -0.0420. The van der Waals surface area contributed by atoms with Gasteiger partial charge in [-0.3, -0.25) is 9.69 Å². The molecule has 1 aromatic heterocycles. The zero-order valence-corrected chi connectivity index (χ0v) is 10.9. The Labute approximate surface area is 117 Å². The lowest BCUT2D eigenvalue weighted by atomic mass is 10.2. The van der Waals surface area contributed by atoms with Gasteiger partial charge in [-0.25, -0.2) is 9.97 Å². The van der Waals surface area contributed by atoms with Gasteiger partial charge in [0, 0.05) is 36.4 Å². The number of nitrogens with one attached hydrogen (secondary N) is 1. The Bertz CT molecular complexity index is 625. The Kier molecular flexibility index (Phi) is 3.41. The average Bonchev–Trinajstić information content (AvgIpc) is 2.88. The Morgan fingerprint density at radius 2 is 1.85 bits per heavy atom. The third-order valence-electron chi connectivity index (χ3n) is 3.11. The summed E-state index contributed by atoms with van der Waals surface area (Å²) < 4.78 is 0. The molecule has 5 heteroatoms. The second kappa shape index (κ2) is 5.52. The number of carbonyl (C=O) groups is 1. The fourth-order valence-corrected chi connectivity index (χ4v) is 2.07. The van der Waals surface area contributed by atoms with E-state index in [4.69, 9.17) is 0 Å². The molecular formula is C15H14N4O. The number of para-hydroxylation sites is 1. The topological polar surface area (TPSA) is 58.1 Å². The van der Waals surface area contributed by atoms with Crippen LogP contribution < -0.4 is 10.2 Å². The molecule has 0 atom stereocenters. The molecular weight excluding hydrogens is 252 g/mol. The van der Waals surface area contributed by atoms with E-state index >= 15 is 0 Å². The highest BCUT2D eigenvalue weighted by atomic mass is 16.2. The van der Waals surface area contributed by atoms with Crippen LogP contribution in [0.1, 0.15) is 6.42 Å². The molecule has 0 bridgehead atoms. The number of rotatable bonds is 3. The van der Waals surface area contributed by atoms with E-state index in [0.29, 0.717) is 18.9 Å². The molecule has 1 amide bonds. The molecule has 20 heavy (non-hydrogen) atoms. The molecule has 0 radical (unpaired) electrons. The van der Waals surface area contributed by atoms with Crippen LogP contribution in [0.3, 0.4) is 0 Å². The lowest BCUT2D eigenvalue weighted by molar-refractivity contribution is -0.114. The van der Waals surface area contributed by atoms with E-state index < -0.39 is 0 Å². The van der Waals surface area contributed by atoms with Crippen molar-refractivity contribution in [1.82, 2.24) is 9.97 Å². The van der Waals surface area contributed by atoms with Crippen LogP contribution in [0.5, 0.6) is 0 Å². The number of hydrogen-bond acceptors (Lipinski definition) is 4. The van der Waals surface area contributed by atoms with Gasteiger partial charge in [0.25, 0.3) is 5.91 Å². The van der Waals surface area contributed by atoms with Crippen LogP contribution in [-0.2, 0) is 4.79 Å². The number of anilines is 2. The van der Waals surface area contributed by atoms with E-state index in [-0.39, 0.29) is 5.91 Å². The van der Waals surface area contributed by atoms with E-state index in [1.54, 1.807) is 29.6 Å². The van der Waals surface area contributed by atoms with E-state index in [9.17, 15) is 4.79 Å². The quantitative estimate of drug-likeness (QED) is 0.865. The fraction of sp³-hybridized carbons (Fsp3) is 0.133. The molecule has 5 nitrogen and oxygen atoms in total. The van der Waals surface area contributed by atoms with Crippen molar-refractivity contribution in [2.45, 2.75) is 6.42 Å². The van der Waals surface area contributed by atoms with Gasteiger partial charge >= 0.3 is 0 Å². The van der Waals surface area contributed by atoms with Crippen LogP contribution in [0.25, 0.3) is 0 Å². The first kappa shape index (κ1) is 12.3. The Morgan fingerprint density at radius 3 is 2.60 bits per heavy atom. The number of aromatic nitrogens is 2. The van der Waals surface area contributed by atoms with Crippen molar-refractivity contribution in [3.8, 4) is 0 Å². The van der Waals surface area contributed by atoms with Crippen LogP contribution in [0, 0.1) is 0 Å². The van der Waals surface area contributed by atoms with Crippen LogP contribution in [0.15, 0.2) is 60.6 Å². The predicted molar refractivity (Wildman–Crippen MR) is 77.1 cm³/mol. The van der Waals surface area contributed by atoms with E-state index in [1.807, 2.05) is 30.3 Å². The normalized spacial score (nSPS) is 16.7. The van der Waals surface area contributed by atoms with Gasteiger partial charge in [-0.05, 0) is 24.6 Å². The second-order valence-corrected chi connectivity index (χ2v) is 4.44. The van der Waals surface area contributed by atoms with Crippen molar-refractivity contribution in [1.29, 1.82) is 0 Å². The molecule has 1 aromatic carbocycles. The number of carbonyl (C=O) groups excluding carboxylic acids is 1. The predicted octanol–water partition coefficient (Wildman–Crippen LogP) is 2.21. The van der Waals surface area contributed by atoms with Gasteiger partial charge in [-0.1, -0.05) is 18.2 Å². The summed E-state index contributed by atoms with van der Waals surface area (Å²) in [6.45, 7) is 0.616. The summed E-state index contributed by atoms with van der Waals surface area (Å²) in [5.74, 6) is 0.417. The summed E-state index contributed by atoms with van der Waals surface area (Å²) in [5, 5.41) is 3.14. The minimum Gasteiger partial charge on any atom is -0.361 e. The van der Waals surface area contributed by atoms with Crippen LogP contribution in [0.2, 0.25) is 0 Å². The maximum absolute atomic E-state index is 12.3. The first-order chi connectivity index (χ1) is 9.84. The first-order valence-corrected chi connectivity index (χ1v) is 6.44. The van der Waals surface area contributed by atoms with Crippen molar-refractivity contribution in [2.75, 3.05) is 16.8 Å². The highest BCUT2D eigenvalue weighted by molar-refractivity contribution is 6.07. The lowest BCUT2D eigenvalue weighted by Gasteiger charge is -2.11. The average molecular weight is 266 g/mol. The maximum Gasteiger partial charge on any atom is 0.258 e. The zero-order chi connectivity index (χ0) is 13.8. The summed E-state index contributed by atoms with van der Waals surface area (Å²) in [4.78, 5) is 22.1. The smallest absolute Gasteiger partial charge is 0.258 e. The first-order valence-electron chi connectivity index (χ1n) is 6.44. The molecule has 0 unspecified atom stereocenters. The fourth-order valence-electron chi connectivity index (χ4n) is 2.07. The number of nitrogens with zero attached hydrogens (tertiary/aromatic N) is 3. The summed E-state index contributed by atoms with van der Waals surface area (Å²) in [6.07, 6.45) is 5.73. The van der Waals surface area contributed by atoms with Crippen molar-refractivity contribution < 1.29 is 4.79 Å². The van der Waals surface area contributed by atoms with Gasteiger partial charge < -0.3 is 5.32 Å². The third-order valence-corrected chi connectivity index (χ3v) is 3.11.